The van der Waals surface area contributed by atoms with E-state index in [2.05, 4.69) is 15.3 Å². The second-order valence-corrected chi connectivity index (χ2v) is 9.82. The summed E-state index contributed by atoms with van der Waals surface area (Å²) in [7, 11) is -2.99. The van der Waals surface area contributed by atoms with Crippen LogP contribution in [0.3, 0.4) is 0 Å². The van der Waals surface area contributed by atoms with Crippen molar-refractivity contribution in [3.05, 3.63) is 17.6 Å². The summed E-state index contributed by atoms with van der Waals surface area (Å²) in [6.45, 7) is 7.77. The van der Waals surface area contributed by atoms with E-state index in [9.17, 15) is 13.2 Å². The van der Waals surface area contributed by atoms with Gasteiger partial charge in [0, 0.05) is 17.7 Å². The lowest BCUT2D eigenvalue weighted by molar-refractivity contribution is -0.120. The minimum absolute atomic E-state index is 0.0419. The van der Waals surface area contributed by atoms with Gasteiger partial charge in [-0.1, -0.05) is 25.6 Å². The Morgan fingerprint density at radius 3 is 2.61 bits per heavy atom. The second kappa shape index (κ2) is 7.17. The van der Waals surface area contributed by atoms with Gasteiger partial charge in [0.2, 0.25) is 5.91 Å². The highest BCUT2D eigenvalue weighted by Crippen LogP contribution is 2.24. The molecule has 23 heavy (non-hydrogen) atoms. The fourth-order valence-electron chi connectivity index (χ4n) is 2.34. The number of thioether (sulfide) groups is 1. The zero-order valence-corrected chi connectivity index (χ0v) is 15.5. The second-order valence-electron chi connectivity index (χ2n) is 6.23. The van der Waals surface area contributed by atoms with Crippen LogP contribution in [0.15, 0.2) is 11.1 Å². The van der Waals surface area contributed by atoms with Gasteiger partial charge in [0.05, 0.1) is 16.8 Å². The van der Waals surface area contributed by atoms with Crippen molar-refractivity contribution in [1.82, 2.24) is 15.3 Å². The van der Waals surface area contributed by atoms with Crippen LogP contribution < -0.4 is 5.32 Å². The topological polar surface area (TPSA) is 89.0 Å². The number of aromatic nitrogens is 2. The van der Waals surface area contributed by atoms with Crippen LogP contribution in [-0.4, -0.2) is 47.1 Å². The Hall–Kier alpha value is -1.15. The van der Waals surface area contributed by atoms with Gasteiger partial charge in [-0.15, -0.1) is 0 Å². The first-order valence-electron chi connectivity index (χ1n) is 7.69. The number of amides is 1. The monoisotopic (exact) mass is 357 g/mol. The molecule has 1 aliphatic heterocycles. The minimum Gasteiger partial charge on any atom is -0.351 e. The lowest BCUT2D eigenvalue weighted by Gasteiger charge is -2.16. The van der Waals surface area contributed by atoms with Gasteiger partial charge in [-0.2, -0.15) is 0 Å². The van der Waals surface area contributed by atoms with E-state index in [1.165, 1.54) is 11.8 Å². The van der Waals surface area contributed by atoms with Crippen LogP contribution in [0.2, 0.25) is 0 Å². The summed E-state index contributed by atoms with van der Waals surface area (Å²) in [6.07, 6.45) is 0.496. The van der Waals surface area contributed by atoms with Crippen LogP contribution in [0.1, 0.15) is 44.6 Å². The molecule has 0 spiro atoms. The number of nitrogens with zero attached hydrogens (tertiary/aromatic N) is 2. The number of hydrogen-bond acceptors (Lipinski definition) is 6. The summed E-state index contributed by atoms with van der Waals surface area (Å²) in [4.78, 5) is 21.1. The first-order valence-corrected chi connectivity index (χ1v) is 10.4. The number of hydrogen-bond donors (Lipinski definition) is 1. The van der Waals surface area contributed by atoms with Gasteiger partial charge in [0.15, 0.2) is 9.84 Å². The molecule has 1 saturated heterocycles. The highest BCUT2D eigenvalue weighted by atomic mass is 32.2. The van der Waals surface area contributed by atoms with Crippen LogP contribution in [-0.2, 0) is 14.6 Å². The molecule has 2 atom stereocenters. The molecule has 8 heteroatoms. The number of rotatable bonds is 5. The lowest BCUT2D eigenvalue weighted by Crippen LogP contribution is -2.39. The third kappa shape index (κ3) is 5.17. The summed E-state index contributed by atoms with van der Waals surface area (Å²) in [6, 6.07) is 1.59. The molecule has 6 nitrogen and oxygen atoms in total. The maximum absolute atomic E-state index is 12.2. The van der Waals surface area contributed by atoms with Crippen molar-refractivity contribution in [2.75, 3.05) is 11.5 Å². The molecule has 0 bridgehead atoms. The van der Waals surface area contributed by atoms with Crippen molar-refractivity contribution in [2.24, 2.45) is 0 Å². The Morgan fingerprint density at radius 1 is 1.35 bits per heavy atom. The average Bonchev–Trinajstić information content (AvgIpc) is 2.77. The number of sulfone groups is 1. The average molecular weight is 358 g/mol. The lowest BCUT2D eigenvalue weighted by atomic mass is 10.2. The molecule has 1 aliphatic rings. The highest BCUT2D eigenvalue weighted by Gasteiger charge is 2.30. The Bertz CT molecular complexity index is 689. The van der Waals surface area contributed by atoms with Crippen molar-refractivity contribution >= 4 is 27.5 Å². The third-order valence-corrected chi connectivity index (χ3v) is 6.40. The fourth-order valence-corrected chi connectivity index (χ4v) is 4.94. The summed E-state index contributed by atoms with van der Waals surface area (Å²) < 4.78 is 22.9. The van der Waals surface area contributed by atoms with Gasteiger partial charge in [0.1, 0.15) is 10.9 Å². The van der Waals surface area contributed by atoms with E-state index >= 15 is 0 Å². The Kier molecular flexibility index (Phi) is 5.67. The van der Waals surface area contributed by atoms with E-state index in [1.807, 2.05) is 26.8 Å². The number of nitrogens with one attached hydrogen (secondary N) is 1. The van der Waals surface area contributed by atoms with E-state index in [0.29, 0.717) is 6.42 Å². The van der Waals surface area contributed by atoms with Crippen LogP contribution in [0.25, 0.3) is 0 Å². The maximum Gasteiger partial charge on any atom is 0.233 e. The molecule has 0 unspecified atom stereocenters. The van der Waals surface area contributed by atoms with Crippen molar-refractivity contribution < 1.29 is 13.2 Å². The van der Waals surface area contributed by atoms with Crippen LogP contribution in [0.5, 0.6) is 0 Å². The van der Waals surface area contributed by atoms with Crippen molar-refractivity contribution in [2.45, 2.75) is 56.4 Å². The van der Waals surface area contributed by atoms with Crippen LogP contribution in [0, 0.1) is 6.92 Å². The predicted molar refractivity (Wildman–Crippen MR) is 91.4 cm³/mol. The van der Waals surface area contributed by atoms with Gasteiger partial charge in [-0.3, -0.25) is 4.79 Å². The molecule has 0 aromatic carbocycles. The summed E-state index contributed by atoms with van der Waals surface area (Å²) in [5.41, 5.74) is 0.876. The highest BCUT2D eigenvalue weighted by molar-refractivity contribution is 8.00. The van der Waals surface area contributed by atoms with Crippen molar-refractivity contribution in [3.63, 3.8) is 0 Å². The maximum atomic E-state index is 12.2. The largest absolute Gasteiger partial charge is 0.351 e. The van der Waals surface area contributed by atoms with E-state index in [0.717, 1.165) is 16.5 Å². The molecule has 1 fully saturated rings. The van der Waals surface area contributed by atoms with Gasteiger partial charge in [-0.25, -0.2) is 18.4 Å². The molecule has 1 aromatic heterocycles. The quantitative estimate of drug-likeness (QED) is 0.637. The summed E-state index contributed by atoms with van der Waals surface area (Å²) in [5, 5.41) is 3.25. The Balaban J connectivity index is 1.98. The molecule has 0 radical (unpaired) electrons. The Labute approximate surface area is 141 Å². The van der Waals surface area contributed by atoms with E-state index in [-0.39, 0.29) is 34.6 Å². The normalized spacial score (nSPS) is 21.3. The predicted octanol–water partition coefficient (Wildman–Crippen LogP) is 1.69. The molecule has 1 N–H and O–H groups in total. The van der Waals surface area contributed by atoms with Gasteiger partial charge < -0.3 is 5.32 Å². The Morgan fingerprint density at radius 2 is 2.04 bits per heavy atom. The summed E-state index contributed by atoms with van der Waals surface area (Å²) in [5.74, 6) is 1.03. The third-order valence-electron chi connectivity index (χ3n) is 3.61. The molecule has 1 aromatic rings. The van der Waals surface area contributed by atoms with E-state index in [4.69, 9.17) is 0 Å². The van der Waals surface area contributed by atoms with Crippen molar-refractivity contribution in [1.29, 1.82) is 0 Å². The van der Waals surface area contributed by atoms with Crippen LogP contribution >= 0.6 is 11.8 Å². The summed E-state index contributed by atoms with van der Waals surface area (Å²) >= 11 is 1.37. The fraction of sp³-hybridized carbons (Fsp3) is 0.667. The minimum atomic E-state index is -2.99. The van der Waals surface area contributed by atoms with Gasteiger partial charge in [0.25, 0.3) is 0 Å². The molecule has 0 saturated carbocycles. The van der Waals surface area contributed by atoms with Crippen molar-refractivity contribution in [3.8, 4) is 0 Å². The molecule has 128 valence electrons. The molecule has 2 rings (SSSR count). The molecule has 2 heterocycles. The number of carbonyl (C=O) groups excluding carboxylic acids is 1. The molecular formula is C15H23N3O3S2. The zero-order valence-electron chi connectivity index (χ0n) is 13.9. The standard InChI is InChI=1S/C15H23N3O3S2/c1-9(2)14-16-10(3)7-13(18-14)22-11(4)15(19)17-12-5-6-23(20,21)8-12/h7,9,11-12H,5-6,8H2,1-4H3,(H,17,19)/t11-,12+/m1/s1. The zero-order chi connectivity index (χ0) is 17.2. The molecule has 1 amide bonds. The van der Waals surface area contributed by atoms with Crippen LogP contribution in [0.4, 0.5) is 0 Å². The molecule has 0 aliphatic carbocycles. The van der Waals surface area contributed by atoms with E-state index < -0.39 is 9.84 Å². The number of carbonyl (C=O) groups is 1. The van der Waals surface area contributed by atoms with Gasteiger partial charge in [-0.05, 0) is 26.3 Å². The molecular weight excluding hydrogens is 334 g/mol. The van der Waals surface area contributed by atoms with E-state index in [1.54, 1.807) is 6.92 Å². The smallest absolute Gasteiger partial charge is 0.233 e. The van der Waals surface area contributed by atoms with Gasteiger partial charge >= 0.3 is 0 Å². The first-order chi connectivity index (χ1) is 10.7. The first kappa shape index (κ1) is 18.2. The number of aryl methyl sites for hydroxylation is 1. The SMILES string of the molecule is Cc1cc(S[C@H](C)C(=O)N[C@H]2CCS(=O)(=O)C2)nc(C(C)C)n1.